The van der Waals surface area contributed by atoms with Crippen molar-refractivity contribution in [3.63, 3.8) is 0 Å². The molecular formula is C19H28N4O2S. The van der Waals surface area contributed by atoms with Crippen molar-refractivity contribution in [2.24, 2.45) is 5.92 Å². The van der Waals surface area contributed by atoms with Crippen LogP contribution in [0.5, 0.6) is 0 Å². The minimum absolute atomic E-state index is 0.0697. The predicted molar refractivity (Wildman–Crippen MR) is 101 cm³/mol. The minimum Gasteiger partial charge on any atom is -0.383 e. The van der Waals surface area contributed by atoms with Crippen LogP contribution in [0.3, 0.4) is 0 Å². The number of anilines is 1. The molecule has 2 unspecified atom stereocenters. The molecule has 0 spiro atoms. The Hall–Kier alpha value is -1.18. The van der Waals surface area contributed by atoms with Crippen molar-refractivity contribution in [3.8, 4) is 0 Å². The molecule has 3 atom stereocenters. The summed E-state index contributed by atoms with van der Waals surface area (Å²) in [5.74, 6) is 0.0946. The summed E-state index contributed by atoms with van der Waals surface area (Å²) in [5.41, 5.74) is 1.17. The first-order chi connectivity index (χ1) is 12.7. The lowest BCUT2D eigenvalue weighted by Crippen LogP contribution is -2.51. The Kier molecular flexibility index (Phi) is 4.41. The molecule has 3 aliphatic heterocycles. The zero-order valence-electron chi connectivity index (χ0n) is 15.2. The van der Waals surface area contributed by atoms with Crippen LogP contribution in [0, 0.1) is 5.92 Å². The van der Waals surface area contributed by atoms with E-state index in [1.807, 2.05) is 4.90 Å². The van der Waals surface area contributed by atoms with E-state index in [2.05, 4.69) is 10.2 Å². The van der Waals surface area contributed by atoms with Gasteiger partial charge in [0.2, 0.25) is 0 Å². The molecule has 0 radical (unpaired) electrons. The quantitative estimate of drug-likeness (QED) is 0.837. The third-order valence-corrected chi connectivity index (χ3v) is 7.83. The lowest BCUT2D eigenvalue weighted by Gasteiger charge is -2.35. The number of nitrogens with zero attached hydrogens (tertiary/aromatic N) is 3. The molecule has 6 nitrogen and oxygen atoms in total. The van der Waals surface area contributed by atoms with Gasteiger partial charge in [0.15, 0.2) is 5.13 Å². The summed E-state index contributed by atoms with van der Waals surface area (Å²) < 4.78 is 0. The van der Waals surface area contributed by atoms with Crippen molar-refractivity contribution in [1.82, 2.24) is 15.2 Å². The van der Waals surface area contributed by atoms with Crippen LogP contribution < -0.4 is 10.2 Å². The molecular weight excluding hydrogens is 348 g/mol. The van der Waals surface area contributed by atoms with E-state index < -0.39 is 6.10 Å². The lowest BCUT2D eigenvalue weighted by atomic mass is 9.99. The maximum absolute atomic E-state index is 12.8. The number of amides is 1. The number of carbonyl (C=O) groups is 1. The number of fused-ring (bicyclic) bond motifs is 3. The summed E-state index contributed by atoms with van der Waals surface area (Å²) in [6.07, 6.45) is 6.77. The molecule has 1 amide bonds. The first-order valence-electron chi connectivity index (χ1n) is 10.1. The van der Waals surface area contributed by atoms with Gasteiger partial charge in [0.1, 0.15) is 6.10 Å². The van der Waals surface area contributed by atoms with Crippen molar-refractivity contribution < 1.29 is 9.90 Å². The monoisotopic (exact) mass is 376 g/mol. The summed E-state index contributed by atoms with van der Waals surface area (Å²) in [7, 11) is 0. The van der Waals surface area contributed by atoms with Crippen LogP contribution >= 0.6 is 11.3 Å². The van der Waals surface area contributed by atoms with E-state index in [-0.39, 0.29) is 11.8 Å². The van der Waals surface area contributed by atoms with Crippen LogP contribution in [0.15, 0.2) is 0 Å². The van der Waals surface area contributed by atoms with Gasteiger partial charge in [-0.2, -0.15) is 0 Å². The van der Waals surface area contributed by atoms with Crippen molar-refractivity contribution in [1.29, 1.82) is 0 Å². The summed E-state index contributed by atoms with van der Waals surface area (Å²) in [6, 6.07) is 1.14. The van der Waals surface area contributed by atoms with E-state index in [4.69, 9.17) is 4.98 Å². The highest BCUT2D eigenvalue weighted by atomic mass is 32.1. The normalized spacial score (nSPS) is 29.9. The van der Waals surface area contributed by atoms with Gasteiger partial charge in [-0.3, -0.25) is 4.79 Å². The number of aliphatic hydroxyl groups is 1. The Morgan fingerprint density at radius 2 is 1.92 bits per heavy atom. The number of nitrogens with one attached hydrogen (secondary N) is 1. The summed E-state index contributed by atoms with van der Waals surface area (Å²) in [5, 5.41) is 15.2. The zero-order chi connectivity index (χ0) is 17.7. The number of aliphatic hydroxyl groups excluding tert-OH is 1. The smallest absolute Gasteiger partial charge is 0.252 e. The average Bonchev–Trinajstić information content (AvgIpc) is 3.37. The Bertz CT molecular complexity index is 671. The van der Waals surface area contributed by atoms with E-state index in [0.29, 0.717) is 25.2 Å². The molecule has 3 fully saturated rings. The number of piperazine rings is 1. The standard InChI is InChI=1S/C19H28N4O2S/c24-17(12-3-1-2-4-12)18(25)22-8-7-15-16(11-22)26-19(21-15)23-13-5-6-14(23)10-20-9-13/h12-14,17,20,24H,1-11H2/t13?,14?,17-/m1/s1. The molecule has 1 saturated carbocycles. The van der Waals surface area contributed by atoms with Crippen LogP contribution in [0.1, 0.15) is 49.1 Å². The van der Waals surface area contributed by atoms with E-state index in [1.54, 1.807) is 11.3 Å². The highest BCUT2D eigenvalue weighted by Crippen LogP contribution is 2.38. The van der Waals surface area contributed by atoms with Gasteiger partial charge in [0.05, 0.1) is 12.2 Å². The molecule has 1 aromatic rings. The Labute approximate surface area is 158 Å². The summed E-state index contributed by atoms with van der Waals surface area (Å²) >= 11 is 1.77. The van der Waals surface area contributed by atoms with Crippen LogP contribution in [0.2, 0.25) is 0 Å². The number of hydrogen-bond donors (Lipinski definition) is 2. The predicted octanol–water partition coefficient (Wildman–Crippen LogP) is 1.52. The number of rotatable bonds is 3. The molecule has 1 aliphatic carbocycles. The molecule has 7 heteroatoms. The van der Waals surface area contributed by atoms with Crippen LogP contribution in [-0.4, -0.2) is 58.7 Å². The van der Waals surface area contributed by atoms with E-state index >= 15 is 0 Å². The first kappa shape index (κ1) is 17.0. The number of carbonyl (C=O) groups excluding carboxylic acids is 1. The lowest BCUT2D eigenvalue weighted by molar-refractivity contribution is -0.143. The van der Waals surface area contributed by atoms with Gasteiger partial charge in [0.25, 0.3) is 5.91 Å². The first-order valence-corrected chi connectivity index (χ1v) is 11.0. The van der Waals surface area contributed by atoms with Crippen molar-refractivity contribution in [2.75, 3.05) is 24.5 Å². The highest BCUT2D eigenvalue weighted by molar-refractivity contribution is 7.15. The molecule has 0 aromatic carbocycles. The Morgan fingerprint density at radius 1 is 1.19 bits per heavy atom. The molecule has 2 saturated heterocycles. The third-order valence-electron chi connectivity index (χ3n) is 6.73. The molecule has 5 rings (SSSR count). The summed E-state index contributed by atoms with van der Waals surface area (Å²) in [6.45, 7) is 3.42. The average molecular weight is 377 g/mol. The second kappa shape index (κ2) is 6.77. The fraction of sp³-hybridized carbons (Fsp3) is 0.789. The summed E-state index contributed by atoms with van der Waals surface area (Å²) in [4.78, 5) is 23.3. The second-order valence-corrected chi connectivity index (χ2v) is 9.38. The molecule has 2 bridgehead atoms. The topological polar surface area (TPSA) is 68.7 Å². The second-order valence-electron chi connectivity index (χ2n) is 8.32. The molecule has 4 heterocycles. The molecule has 1 aromatic heterocycles. The van der Waals surface area contributed by atoms with Gasteiger partial charge in [-0.15, -0.1) is 0 Å². The van der Waals surface area contributed by atoms with Crippen molar-refractivity contribution in [2.45, 2.75) is 69.7 Å². The highest BCUT2D eigenvalue weighted by Gasteiger charge is 2.39. The molecule has 142 valence electrons. The van der Waals surface area contributed by atoms with Gasteiger partial charge < -0.3 is 20.2 Å². The van der Waals surface area contributed by atoms with Gasteiger partial charge in [0, 0.05) is 43.0 Å². The zero-order valence-corrected chi connectivity index (χ0v) is 16.0. The van der Waals surface area contributed by atoms with Gasteiger partial charge in [-0.1, -0.05) is 24.2 Å². The van der Waals surface area contributed by atoms with E-state index in [0.717, 1.165) is 50.3 Å². The fourth-order valence-corrected chi connectivity index (χ4v) is 6.50. The molecule has 2 N–H and O–H groups in total. The van der Waals surface area contributed by atoms with Gasteiger partial charge in [-0.25, -0.2) is 4.98 Å². The Morgan fingerprint density at radius 3 is 2.65 bits per heavy atom. The van der Waals surface area contributed by atoms with Crippen LogP contribution in [0.4, 0.5) is 5.13 Å². The van der Waals surface area contributed by atoms with Crippen LogP contribution in [0.25, 0.3) is 0 Å². The van der Waals surface area contributed by atoms with Gasteiger partial charge in [-0.05, 0) is 31.6 Å². The largest absolute Gasteiger partial charge is 0.383 e. The SMILES string of the molecule is O=C([C@H](O)C1CCCC1)N1CCc2nc(N3C4CCC3CNC4)sc2C1. The minimum atomic E-state index is -0.810. The maximum atomic E-state index is 12.8. The number of hydrogen-bond acceptors (Lipinski definition) is 6. The third kappa shape index (κ3) is 2.84. The van der Waals surface area contributed by atoms with E-state index in [9.17, 15) is 9.90 Å². The fourth-order valence-electron chi connectivity index (χ4n) is 5.23. The van der Waals surface area contributed by atoms with Gasteiger partial charge >= 0.3 is 0 Å². The maximum Gasteiger partial charge on any atom is 0.252 e. The Balaban J connectivity index is 1.30. The number of thiazole rings is 1. The number of aromatic nitrogens is 1. The van der Waals surface area contributed by atoms with E-state index in [1.165, 1.54) is 23.4 Å². The van der Waals surface area contributed by atoms with Crippen LogP contribution in [-0.2, 0) is 17.8 Å². The van der Waals surface area contributed by atoms with Crippen molar-refractivity contribution in [3.05, 3.63) is 10.6 Å². The van der Waals surface area contributed by atoms with Crippen molar-refractivity contribution >= 4 is 22.4 Å². The molecule has 26 heavy (non-hydrogen) atoms. The molecule has 4 aliphatic rings.